The number of hydrogen-bond acceptors (Lipinski definition) is 3. The third kappa shape index (κ3) is 4.82. The maximum atomic E-state index is 14.3. The van der Waals surface area contributed by atoms with Crippen LogP contribution in [-0.4, -0.2) is 23.1 Å². The zero-order chi connectivity index (χ0) is 25.6. The Morgan fingerprint density at radius 3 is 2.47 bits per heavy atom. The van der Waals surface area contributed by atoms with E-state index in [1.165, 1.54) is 22.9 Å². The second-order valence-electron chi connectivity index (χ2n) is 10.5. The van der Waals surface area contributed by atoms with Crippen LogP contribution in [0.5, 0.6) is 0 Å². The zero-order valence-corrected chi connectivity index (χ0v) is 23.8. The summed E-state index contributed by atoms with van der Waals surface area (Å²) >= 11 is 0. The first-order valence-electron chi connectivity index (χ1n) is 13.0. The van der Waals surface area contributed by atoms with Crippen molar-refractivity contribution in [2.24, 2.45) is 0 Å². The van der Waals surface area contributed by atoms with Crippen molar-refractivity contribution in [1.29, 1.82) is 0 Å². The third-order valence-corrected chi connectivity index (χ3v) is 7.69. The first-order valence-corrected chi connectivity index (χ1v) is 13.0. The van der Waals surface area contributed by atoms with Crippen LogP contribution in [0.25, 0.3) is 11.3 Å². The number of anilines is 1. The Balaban J connectivity index is 0.00000294. The molecule has 6 heteroatoms. The Labute approximate surface area is 237 Å². The minimum Gasteiger partial charge on any atom is -0.372 e. The van der Waals surface area contributed by atoms with E-state index in [-0.39, 0.29) is 27.5 Å². The molecule has 38 heavy (non-hydrogen) atoms. The second kappa shape index (κ2) is 10.7. The zero-order valence-electron chi connectivity index (χ0n) is 21.6. The Kier molecular flexibility index (Phi) is 7.51. The molecule has 0 unspecified atom stereocenters. The third-order valence-electron chi connectivity index (χ3n) is 7.69. The van der Waals surface area contributed by atoms with Crippen LogP contribution >= 0.6 is 0 Å². The summed E-state index contributed by atoms with van der Waals surface area (Å²) in [5.74, 6) is -1.23. The van der Waals surface area contributed by atoms with Crippen LogP contribution in [0.4, 0.5) is 14.5 Å². The molecule has 0 N–H and O–H groups in total. The fourth-order valence-corrected chi connectivity index (χ4v) is 5.86. The topological polar surface area (TPSA) is 29.0 Å². The van der Waals surface area contributed by atoms with Gasteiger partial charge in [-0.05, 0) is 74.9 Å². The first kappa shape index (κ1) is 26.7. The maximum Gasteiger partial charge on any atom is 2.00 e. The summed E-state index contributed by atoms with van der Waals surface area (Å²) in [6.45, 7) is 6.51. The monoisotopic (exact) mass is 688 g/mol. The van der Waals surface area contributed by atoms with E-state index >= 15 is 0 Å². The Morgan fingerprint density at radius 2 is 1.74 bits per heavy atom. The number of pyridine rings is 2. The molecule has 0 spiro atoms. The van der Waals surface area contributed by atoms with Crippen molar-refractivity contribution in [3.63, 3.8) is 0 Å². The molecule has 2 aromatic carbocycles. The average molecular weight is 689 g/mol. The number of nitrogens with zero attached hydrogens (tertiary/aromatic N) is 3. The predicted octanol–water partition coefficient (Wildman–Crippen LogP) is 6.64. The largest absolute Gasteiger partial charge is 2.00 e. The molecule has 6 rings (SSSR count). The fourth-order valence-electron chi connectivity index (χ4n) is 5.86. The minimum atomic E-state index is -0.628. The summed E-state index contributed by atoms with van der Waals surface area (Å²) in [6.07, 6.45) is 4.52. The Hall–Kier alpha value is -2.91. The van der Waals surface area contributed by atoms with E-state index in [2.05, 4.69) is 36.9 Å². The number of aromatic nitrogens is 2. The van der Waals surface area contributed by atoms with Crippen molar-refractivity contribution >= 4 is 5.69 Å². The molecule has 0 atom stereocenters. The van der Waals surface area contributed by atoms with Crippen LogP contribution in [-0.2, 0) is 45.7 Å². The standard InChI is InChI=1S/C32H29F2N3.Pt/c1-32(2,28-14-6-11-24(35-28)19-22-15-16-23(33)20-27(22)34)31-26-13-8-18-37-17-7-12-25(30(26)37)29(36-31)21-9-4-3-5-10-21;/h3-6,9,11,14,16,20H,7-8,12-13,17-19H2,1-2H3;/q-2;+2. The molecular weight excluding hydrogens is 659 g/mol. The molecule has 0 aliphatic carbocycles. The molecular formula is C32H29F2N3Pt. The fraction of sp³-hybridized carbons (Fsp3) is 0.312. The Morgan fingerprint density at radius 1 is 0.947 bits per heavy atom. The summed E-state index contributed by atoms with van der Waals surface area (Å²) in [4.78, 5) is 12.9. The summed E-state index contributed by atoms with van der Waals surface area (Å²) in [7, 11) is 0. The van der Waals surface area contributed by atoms with Gasteiger partial charge in [-0.2, -0.15) is 6.07 Å². The molecule has 2 aliphatic rings. The van der Waals surface area contributed by atoms with Gasteiger partial charge in [-0.15, -0.1) is 53.6 Å². The summed E-state index contributed by atoms with van der Waals surface area (Å²) in [5, 5.41) is 0. The number of hydrogen-bond donors (Lipinski definition) is 0. The summed E-state index contributed by atoms with van der Waals surface area (Å²) in [6, 6.07) is 22.1. The number of rotatable bonds is 5. The van der Waals surface area contributed by atoms with Gasteiger partial charge < -0.3 is 4.90 Å². The van der Waals surface area contributed by atoms with Gasteiger partial charge in [0.05, 0.1) is 5.69 Å². The molecule has 0 radical (unpaired) electrons. The van der Waals surface area contributed by atoms with Gasteiger partial charge in [0, 0.05) is 47.2 Å². The van der Waals surface area contributed by atoms with Crippen LogP contribution in [0.3, 0.4) is 0 Å². The van der Waals surface area contributed by atoms with E-state index in [4.69, 9.17) is 9.97 Å². The average Bonchev–Trinajstić information content (AvgIpc) is 2.91. The molecule has 0 amide bonds. The summed E-state index contributed by atoms with van der Waals surface area (Å²) in [5.41, 5.74) is 8.56. The van der Waals surface area contributed by atoms with E-state index in [0.29, 0.717) is 5.56 Å². The van der Waals surface area contributed by atoms with Gasteiger partial charge in [0.1, 0.15) is 0 Å². The van der Waals surface area contributed by atoms with Crippen molar-refractivity contribution in [3.8, 4) is 11.3 Å². The van der Waals surface area contributed by atoms with E-state index in [1.54, 1.807) is 0 Å². The van der Waals surface area contributed by atoms with Crippen molar-refractivity contribution < 1.29 is 29.8 Å². The van der Waals surface area contributed by atoms with Gasteiger partial charge >= 0.3 is 21.1 Å². The smallest absolute Gasteiger partial charge is 0.372 e. The van der Waals surface area contributed by atoms with Crippen molar-refractivity contribution in [2.75, 3.05) is 18.0 Å². The van der Waals surface area contributed by atoms with Crippen LogP contribution in [0.1, 0.15) is 60.5 Å². The van der Waals surface area contributed by atoms with Gasteiger partial charge in [-0.1, -0.05) is 6.07 Å². The Bertz CT molecular complexity index is 1470. The van der Waals surface area contributed by atoms with Crippen LogP contribution in [0.2, 0.25) is 0 Å². The number of benzene rings is 2. The van der Waals surface area contributed by atoms with Gasteiger partial charge in [0.15, 0.2) is 0 Å². The SMILES string of the molecule is CC(C)(c1cccc(Cc2[c-]cc(F)cc2F)n1)c1nc(-c2[c-]cccc2)c2c3c1CCCN3CCC2.[Pt+2]. The normalized spacial score (nSPS) is 14.6. The molecule has 4 aromatic rings. The molecule has 4 heterocycles. The molecule has 0 saturated carbocycles. The van der Waals surface area contributed by atoms with Gasteiger partial charge in [-0.3, -0.25) is 18.7 Å². The van der Waals surface area contributed by atoms with Gasteiger partial charge in [0.25, 0.3) is 0 Å². The van der Waals surface area contributed by atoms with Crippen LogP contribution in [0, 0.1) is 23.8 Å². The molecule has 0 fully saturated rings. The van der Waals surface area contributed by atoms with Crippen molar-refractivity contribution in [1.82, 2.24) is 9.97 Å². The molecule has 3 nitrogen and oxygen atoms in total. The van der Waals surface area contributed by atoms with Crippen LogP contribution < -0.4 is 4.90 Å². The van der Waals surface area contributed by atoms with E-state index in [0.717, 1.165) is 73.2 Å². The van der Waals surface area contributed by atoms with Gasteiger partial charge in [-0.25, -0.2) is 0 Å². The second-order valence-corrected chi connectivity index (χ2v) is 10.5. The molecule has 196 valence electrons. The molecule has 0 saturated heterocycles. The van der Waals surface area contributed by atoms with Crippen molar-refractivity contribution in [3.05, 3.63) is 112 Å². The van der Waals surface area contributed by atoms with Crippen molar-refractivity contribution in [2.45, 2.75) is 51.4 Å². The van der Waals surface area contributed by atoms with Crippen LogP contribution in [0.15, 0.2) is 54.6 Å². The van der Waals surface area contributed by atoms with E-state index in [9.17, 15) is 8.78 Å². The quantitative estimate of drug-likeness (QED) is 0.221. The summed E-state index contributed by atoms with van der Waals surface area (Å²) < 4.78 is 27.7. The first-order chi connectivity index (χ1) is 17.9. The molecule has 2 aromatic heterocycles. The predicted molar refractivity (Wildman–Crippen MR) is 142 cm³/mol. The molecule has 0 bridgehead atoms. The van der Waals surface area contributed by atoms with E-state index in [1.807, 2.05) is 36.4 Å². The van der Waals surface area contributed by atoms with Gasteiger partial charge in [0.2, 0.25) is 0 Å². The minimum absolute atomic E-state index is 0. The molecule has 2 aliphatic heterocycles. The van der Waals surface area contributed by atoms with E-state index < -0.39 is 17.0 Å². The number of halogens is 2. The maximum absolute atomic E-state index is 14.3.